The lowest BCUT2D eigenvalue weighted by atomic mass is 9.88. The van der Waals surface area contributed by atoms with Gasteiger partial charge >= 0.3 is 0 Å². The summed E-state index contributed by atoms with van der Waals surface area (Å²) in [6, 6.07) is 0.408. The largest absolute Gasteiger partial charge is 0.309 e. The van der Waals surface area contributed by atoms with Gasteiger partial charge in [-0.15, -0.1) is 0 Å². The van der Waals surface area contributed by atoms with E-state index < -0.39 is 0 Å². The molecule has 1 saturated heterocycles. The first-order chi connectivity index (χ1) is 7.50. The molecule has 1 N–H and O–H groups in total. The fourth-order valence-electron chi connectivity index (χ4n) is 2.79. The zero-order valence-corrected chi connectivity index (χ0v) is 11.5. The van der Waals surface area contributed by atoms with E-state index in [0.29, 0.717) is 6.04 Å². The van der Waals surface area contributed by atoms with Gasteiger partial charge in [0.2, 0.25) is 0 Å². The molecule has 0 amide bonds. The van der Waals surface area contributed by atoms with E-state index in [-0.39, 0.29) is 5.54 Å². The Kier molecular flexibility index (Phi) is 5.00. The van der Waals surface area contributed by atoms with Crippen molar-refractivity contribution >= 4 is 0 Å². The third kappa shape index (κ3) is 3.08. The van der Waals surface area contributed by atoms with Crippen molar-refractivity contribution in [1.29, 1.82) is 0 Å². The van der Waals surface area contributed by atoms with E-state index in [2.05, 4.69) is 44.5 Å². The highest BCUT2D eigenvalue weighted by Crippen LogP contribution is 2.27. The van der Waals surface area contributed by atoms with Gasteiger partial charge in [0.25, 0.3) is 0 Å². The summed E-state index contributed by atoms with van der Waals surface area (Å²) in [6.45, 7) is 16.8. The van der Waals surface area contributed by atoms with Crippen LogP contribution in [0.25, 0.3) is 0 Å². The molecule has 0 aromatic rings. The average molecular weight is 224 g/mol. The predicted molar refractivity (Wildman–Crippen MR) is 71.8 cm³/mol. The Morgan fingerprint density at radius 3 is 2.38 bits per heavy atom. The van der Waals surface area contributed by atoms with Crippen molar-refractivity contribution in [3.05, 3.63) is 12.2 Å². The molecule has 0 saturated carbocycles. The van der Waals surface area contributed by atoms with E-state index in [9.17, 15) is 0 Å². The van der Waals surface area contributed by atoms with Crippen LogP contribution in [0, 0.1) is 0 Å². The lowest BCUT2D eigenvalue weighted by Crippen LogP contribution is -2.57. The Hall–Kier alpha value is -0.340. The molecule has 1 heterocycles. The van der Waals surface area contributed by atoms with Gasteiger partial charge < -0.3 is 5.32 Å². The molecule has 1 rings (SSSR count). The Bertz CT molecular complexity index is 227. The highest BCUT2D eigenvalue weighted by atomic mass is 15.2. The van der Waals surface area contributed by atoms with Crippen LogP contribution in [0.1, 0.15) is 47.0 Å². The van der Waals surface area contributed by atoms with E-state index in [0.717, 1.165) is 6.54 Å². The minimum Gasteiger partial charge on any atom is -0.309 e. The van der Waals surface area contributed by atoms with Gasteiger partial charge in [0.1, 0.15) is 0 Å². The Balaban J connectivity index is 2.69. The van der Waals surface area contributed by atoms with Crippen LogP contribution < -0.4 is 5.32 Å². The SMILES string of the molecule is C=C(C)C(NCCC)C(C)(C)N1CCCC1. The molecule has 0 spiro atoms. The number of nitrogens with one attached hydrogen (secondary N) is 1. The highest BCUT2D eigenvalue weighted by Gasteiger charge is 2.36. The third-order valence-corrected chi connectivity index (χ3v) is 3.72. The van der Waals surface area contributed by atoms with E-state index in [1.807, 2.05) is 0 Å². The van der Waals surface area contributed by atoms with Gasteiger partial charge in [-0.05, 0) is 59.7 Å². The number of hydrogen-bond donors (Lipinski definition) is 1. The highest BCUT2D eigenvalue weighted by molar-refractivity contribution is 5.12. The molecule has 16 heavy (non-hydrogen) atoms. The van der Waals surface area contributed by atoms with Gasteiger partial charge in [-0.2, -0.15) is 0 Å². The minimum atomic E-state index is 0.192. The molecular formula is C14H28N2. The van der Waals surface area contributed by atoms with Crippen molar-refractivity contribution in [3.63, 3.8) is 0 Å². The predicted octanol–water partition coefficient (Wildman–Crippen LogP) is 2.81. The van der Waals surface area contributed by atoms with Crippen molar-refractivity contribution in [1.82, 2.24) is 10.2 Å². The fraction of sp³-hybridized carbons (Fsp3) is 0.857. The summed E-state index contributed by atoms with van der Waals surface area (Å²) in [6.07, 6.45) is 3.88. The lowest BCUT2D eigenvalue weighted by Gasteiger charge is -2.43. The summed E-state index contributed by atoms with van der Waals surface area (Å²) in [4.78, 5) is 2.61. The first-order valence-corrected chi connectivity index (χ1v) is 6.64. The van der Waals surface area contributed by atoms with Gasteiger partial charge in [0.15, 0.2) is 0 Å². The topological polar surface area (TPSA) is 15.3 Å². The van der Waals surface area contributed by atoms with Crippen LogP contribution in [-0.2, 0) is 0 Å². The van der Waals surface area contributed by atoms with Gasteiger partial charge in [0, 0.05) is 11.6 Å². The number of hydrogen-bond acceptors (Lipinski definition) is 2. The number of rotatable bonds is 6. The van der Waals surface area contributed by atoms with Crippen molar-refractivity contribution in [2.24, 2.45) is 0 Å². The summed E-state index contributed by atoms with van der Waals surface area (Å²) in [5.74, 6) is 0. The number of likely N-dealkylation sites (tertiary alicyclic amines) is 1. The maximum Gasteiger partial charge on any atom is 0.0455 e. The summed E-state index contributed by atoms with van der Waals surface area (Å²) in [5, 5.41) is 3.64. The fourth-order valence-corrected chi connectivity index (χ4v) is 2.79. The standard InChI is InChI=1S/C14H28N2/c1-6-9-15-13(12(2)3)14(4,5)16-10-7-8-11-16/h13,15H,2,6-11H2,1,3-5H3. The quantitative estimate of drug-likeness (QED) is 0.698. The first kappa shape index (κ1) is 13.7. The molecule has 94 valence electrons. The Labute approximate surface area is 101 Å². The summed E-state index contributed by atoms with van der Waals surface area (Å²) >= 11 is 0. The van der Waals surface area contributed by atoms with Crippen molar-refractivity contribution in [2.45, 2.75) is 58.5 Å². The summed E-state index contributed by atoms with van der Waals surface area (Å²) in [7, 11) is 0. The molecule has 0 radical (unpaired) electrons. The van der Waals surface area contributed by atoms with E-state index in [1.165, 1.54) is 37.9 Å². The van der Waals surface area contributed by atoms with Crippen LogP contribution in [0.15, 0.2) is 12.2 Å². The van der Waals surface area contributed by atoms with Crippen LogP contribution in [0.4, 0.5) is 0 Å². The second-order valence-corrected chi connectivity index (χ2v) is 5.58. The molecule has 0 aromatic carbocycles. The molecule has 0 aliphatic carbocycles. The maximum absolute atomic E-state index is 4.16. The van der Waals surface area contributed by atoms with E-state index >= 15 is 0 Å². The van der Waals surface area contributed by atoms with Crippen LogP contribution in [0.3, 0.4) is 0 Å². The monoisotopic (exact) mass is 224 g/mol. The van der Waals surface area contributed by atoms with Crippen molar-refractivity contribution < 1.29 is 0 Å². The molecule has 1 atom stereocenters. The lowest BCUT2D eigenvalue weighted by molar-refractivity contribution is 0.121. The molecule has 1 fully saturated rings. The van der Waals surface area contributed by atoms with E-state index in [4.69, 9.17) is 0 Å². The second kappa shape index (κ2) is 5.83. The summed E-state index contributed by atoms with van der Waals surface area (Å²) in [5.41, 5.74) is 1.45. The zero-order valence-electron chi connectivity index (χ0n) is 11.5. The molecule has 2 heteroatoms. The normalized spacial score (nSPS) is 20.0. The van der Waals surface area contributed by atoms with Gasteiger partial charge in [-0.25, -0.2) is 0 Å². The Morgan fingerprint density at radius 2 is 1.94 bits per heavy atom. The molecule has 1 aliphatic heterocycles. The Morgan fingerprint density at radius 1 is 1.38 bits per heavy atom. The average Bonchev–Trinajstić information content (AvgIpc) is 2.70. The minimum absolute atomic E-state index is 0.192. The molecule has 0 aromatic heterocycles. The summed E-state index contributed by atoms with van der Waals surface area (Å²) < 4.78 is 0. The van der Waals surface area contributed by atoms with Gasteiger partial charge in [-0.1, -0.05) is 19.1 Å². The van der Waals surface area contributed by atoms with Crippen LogP contribution in [0.5, 0.6) is 0 Å². The van der Waals surface area contributed by atoms with Crippen LogP contribution >= 0.6 is 0 Å². The smallest absolute Gasteiger partial charge is 0.0455 e. The zero-order chi connectivity index (χ0) is 12.2. The van der Waals surface area contributed by atoms with E-state index in [1.54, 1.807) is 0 Å². The van der Waals surface area contributed by atoms with Crippen LogP contribution in [0.2, 0.25) is 0 Å². The molecular weight excluding hydrogens is 196 g/mol. The van der Waals surface area contributed by atoms with Crippen molar-refractivity contribution in [2.75, 3.05) is 19.6 Å². The number of nitrogens with zero attached hydrogens (tertiary/aromatic N) is 1. The van der Waals surface area contributed by atoms with Gasteiger partial charge in [-0.3, -0.25) is 4.90 Å². The van der Waals surface area contributed by atoms with Gasteiger partial charge in [0.05, 0.1) is 0 Å². The maximum atomic E-state index is 4.16. The van der Waals surface area contributed by atoms with Crippen molar-refractivity contribution in [3.8, 4) is 0 Å². The third-order valence-electron chi connectivity index (χ3n) is 3.72. The van der Waals surface area contributed by atoms with Crippen LogP contribution in [-0.4, -0.2) is 36.1 Å². The first-order valence-electron chi connectivity index (χ1n) is 6.64. The molecule has 1 aliphatic rings. The molecule has 0 bridgehead atoms. The second-order valence-electron chi connectivity index (χ2n) is 5.58. The molecule has 2 nitrogen and oxygen atoms in total. The molecule has 1 unspecified atom stereocenters.